The summed E-state index contributed by atoms with van der Waals surface area (Å²) in [6, 6.07) is 8.16. The summed E-state index contributed by atoms with van der Waals surface area (Å²) in [4.78, 5) is 8.36. The first-order chi connectivity index (χ1) is 7.74. The van der Waals surface area contributed by atoms with Crippen LogP contribution in [0, 0.1) is 6.92 Å². The van der Waals surface area contributed by atoms with Crippen LogP contribution in [0.4, 0.5) is 5.95 Å². The molecule has 0 aliphatic carbocycles. The number of aromatic nitrogens is 2. The molecule has 0 saturated carbocycles. The maximum atomic E-state index is 4.18. The first-order valence-electron chi connectivity index (χ1n) is 5.01. The standard InChI is InChI=1S/C12H12BrN3/c1-9-6-14-12(15-7-9)16-8-10-2-4-11(13)5-3-10/h2-7H,8H2,1H3,(H,14,15,16). The van der Waals surface area contributed by atoms with E-state index in [1.54, 1.807) is 12.4 Å². The monoisotopic (exact) mass is 277 g/mol. The Bertz CT molecular complexity index is 405. The van der Waals surface area contributed by atoms with E-state index in [0.717, 1.165) is 16.6 Å². The zero-order valence-corrected chi connectivity index (χ0v) is 10.5. The maximum Gasteiger partial charge on any atom is 0.222 e. The lowest BCUT2D eigenvalue weighted by molar-refractivity contribution is 1.04. The van der Waals surface area contributed by atoms with Crippen molar-refractivity contribution in [2.75, 3.05) is 5.32 Å². The van der Waals surface area contributed by atoms with Gasteiger partial charge in [-0.15, -0.1) is 0 Å². The molecule has 0 radical (unpaired) electrons. The van der Waals surface area contributed by atoms with Gasteiger partial charge in [0.25, 0.3) is 0 Å². The van der Waals surface area contributed by atoms with Gasteiger partial charge in [-0.2, -0.15) is 0 Å². The lowest BCUT2D eigenvalue weighted by atomic mass is 10.2. The van der Waals surface area contributed by atoms with E-state index in [-0.39, 0.29) is 0 Å². The van der Waals surface area contributed by atoms with Crippen molar-refractivity contribution in [1.82, 2.24) is 9.97 Å². The summed E-state index contributed by atoms with van der Waals surface area (Å²) in [7, 11) is 0. The molecule has 0 bridgehead atoms. The van der Waals surface area contributed by atoms with Crippen LogP contribution in [0.25, 0.3) is 0 Å². The first kappa shape index (κ1) is 11.1. The van der Waals surface area contributed by atoms with Gasteiger partial charge in [-0.05, 0) is 30.2 Å². The molecule has 0 atom stereocenters. The fourth-order valence-corrected chi connectivity index (χ4v) is 1.53. The number of nitrogens with one attached hydrogen (secondary N) is 1. The Kier molecular flexibility index (Phi) is 3.51. The highest BCUT2D eigenvalue weighted by molar-refractivity contribution is 9.10. The molecule has 3 nitrogen and oxygen atoms in total. The number of hydrogen-bond acceptors (Lipinski definition) is 3. The molecule has 16 heavy (non-hydrogen) atoms. The number of anilines is 1. The molecule has 0 fully saturated rings. The Labute approximate surface area is 103 Å². The molecular weight excluding hydrogens is 266 g/mol. The second kappa shape index (κ2) is 5.07. The van der Waals surface area contributed by atoms with Gasteiger partial charge in [-0.1, -0.05) is 28.1 Å². The van der Waals surface area contributed by atoms with Crippen molar-refractivity contribution in [3.05, 3.63) is 52.3 Å². The quantitative estimate of drug-likeness (QED) is 0.937. The van der Waals surface area contributed by atoms with E-state index in [9.17, 15) is 0 Å². The van der Waals surface area contributed by atoms with Gasteiger partial charge in [-0.3, -0.25) is 0 Å². The largest absolute Gasteiger partial charge is 0.350 e. The van der Waals surface area contributed by atoms with Gasteiger partial charge < -0.3 is 5.32 Å². The Morgan fingerprint density at radius 1 is 1.12 bits per heavy atom. The fourth-order valence-electron chi connectivity index (χ4n) is 1.27. The lowest BCUT2D eigenvalue weighted by Gasteiger charge is -2.04. The molecule has 1 aromatic carbocycles. The molecule has 1 heterocycles. The third-order valence-corrected chi connectivity index (χ3v) is 2.67. The van der Waals surface area contributed by atoms with E-state index in [4.69, 9.17) is 0 Å². The highest BCUT2D eigenvalue weighted by Crippen LogP contribution is 2.11. The number of aryl methyl sites for hydroxylation is 1. The average molecular weight is 278 g/mol. The molecular formula is C12H12BrN3. The van der Waals surface area contributed by atoms with Crippen LogP contribution < -0.4 is 5.32 Å². The number of hydrogen-bond donors (Lipinski definition) is 1. The SMILES string of the molecule is Cc1cnc(NCc2ccc(Br)cc2)nc1. The van der Waals surface area contributed by atoms with E-state index < -0.39 is 0 Å². The lowest BCUT2D eigenvalue weighted by Crippen LogP contribution is -2.03. The van der Waals surface area contributed by atoms with Gasteiger partial charge in [0.05, 0.1) is 0 Å². The van der Waals surface area contributed by atoms with Crippen molar-refractivity contribution >= 4 is 21.9 Å². The van der Waals surface area contributed by atoms with E-state index in [1.807, 2.05) is 19.1 Å². The van der Waals surface area contributed by atoms with E-state index in [0.29, 0.717) is 5.95 Å². The van der Waals surface area contributed by atoms with Crippen LogP contribution in [0.1, 0.15) is 11.1 Å². The summed E-state index contributed by atoms with van der Waals surface area (Å²) in [5, 5.41) is 3.17. The topological polar surface area (TPSA) is 37.8 Å². The molecule has 2 aromatic rings. The number of nitrogens with zero attached hydrogens (tertiary/aromatic N) is 2. The second-order valence-corrected chi connectivity index (χ2v) is 4.48. The Balaban J connectivity index is 1.97. The predicted molar refractivity (Wildman–Crippen MR) is 68.2 cm³/mol. The van der Waals surface area contributed by atoms with E-state index in [2.05, 4.69) is 43.3 Å². The minimum Gasteiger partial charge on any atom is -0.350 e. The third kappa shape index (κ3) is 3.03. The van der Waals surface area contributed by atoms with Crippen molar-refractivity contribution in [2.45, 2.75) is 13.5 Å². The van der Waals surface area contributed by atoms with Gasteiger partial charge >= 0.3 is 0 Å². The molecule has 0 aliphatic heterocycles. The minimum atomic E-state index is 0.661. The van der Waals surface area contributed by atoms with Gasteiger partial charge in [0.1, 0.15) is 0 Å². The van der Waals surface area contributed by atoms with Crippen LogP contribution in [-0.2, 0) is 6.54 Å². The van der Waals surface area contributed by atoms with Gasteiger partial charge in [0.2, 0.25) is 5.95 Å². The zero-order chi connectivity index (χ0) is 11.4. The molecule has 1 N–H and O–H groups in total. The molecule has 1 aromatic heterocycles. The van der Waals surface area contributed by atoms with Gasteiger partial charge in [-0.25, -0.2) is 9.97 Å². The minimum absolute atomic E-state index is 0.661. The number of rotatable bonds is 3. The average Bonchev–Trinajstić information content (AvgIpc) is 2.30. The summed E-state index contributed by atoms with van der Waals surface area (Å²) >= 11 is 3.40. The zero-order valence-electron chi connectivity index (χ0n) is 8.94. The fraction of sp³-hybridized carbons (Fsp3) is 0.167. The van der Waals surface area contributed by atoms with Gasteiger partial charge in [0.15, 0.2) is 0 Å². The molecule has 2 rings (SSSR count). The smallest absolute Gasteiger partial charge is 0.222 e. The molecule has 0 unspecified atom stereocenters. The van der Waals surface area contributed by atoms with Crippen molar-refractivity contribution in [2.24, 2.45) is 0 Å². The summed E-state index contributed by atoms with van der Waals surface area (Å²) in [6.07, 6.45) is 3.60. The number of halogens is 1. The Morgan fingerprint density at radius 3 is 2.38 bits per heavy atom. The Morgan fingerprint density at radius 2 is 1.75 bits per heavy atom. The van der Waals surface area contributed by atoms with Crippen molar-refractivity contribution in [3.63, 3.8) is 0 Å². The van der Waals surface area contributed by atoms with Crippen LogP contribution in [-0.4, -0.2) is 9.97 Å². The van der Waals surface area contributed by atoms with Crippen molar-refractivity contribution in [1.29, 1.82) is 0 Å². The van der Waals surface area contributed by atoms with Crippen molar-refractivity contribution < 1.29 is 0 Å². The second-order valence-electron chi connectivity index (χ2n) is 3.56. The van der Waals surface area contributed by atoms with Crippen LogP contribution in [0.2, 0.25) is 0 Å². The highest BCUT2D eigenvalue weighted by atomic mass is 79.9. The summed E-state index contributed by atoms with van der Waals surface area (Å²) in [5.74, 6) is 0.661. The summed E-state index contributed by atoms with van der Waals surface area (Å²) < 4.78 is 1.09. The van der Waals surface area contributed by atoms with E-state index in [1.165, 1.54) is 5.56 Å². The van der Waals surface area contributed by atoms with Gasteiger partial charge in [0, 0.05) is 23.4 Å². The summed E-state index contributed by atoms with van der Waals surface area (Å²) in [6.45, 7) is 2.70. The molecule has 82 valence electrons. The Hall–Kier alpha value is -1.42. The first-order valence-corrected chi connectivity index (χ1v) is 5.80. The van der Waals surface area contributed by atoms with Crippen molar-refractivity contribution in [3.8, 4) is 0 Å². The van der Waals surface area contributed by atoms with Crippen LogP contribution >= 0.6 is 15.9 Å². The molecule has 0 aliphatic rings. The predicted octanol–water partition coefficient (Wildman–Crippen LogP) is 3.16. The van der Waals surface area contributed by atoms with Crippen LogP contribution in [0.5, 0.6) is 0 Å². The van der Waals surface area contributed by atoms with Crippen LogP contribution in [0.15, 0.2) is 41.1 Å². The summed E-state index contributed by atoms with van der Waals surface area (Å²) in [5.41, 5.74) is 2.27. The normalized spacial score (nSPS) is 10.1. The third-order valence-electron chi connectivity index (χ3n) is 2.14. The maximum absolute atomic E-state index is 4.18. The molecule has 0 amide bonds. The highest BCUT2D eigenvalue weighted by Gasteiger charge is 1.96. The van der Waals surface area contributed by atoms with E-state index >= 15 is 0 Å². The molecule has 0 spiro atoms. The molecule has 4 heteroatoms. The molecule has 0 saturated heterocycles. The number of benzene rings is 1. The van der Waals surface area contributed by atoms with Crippen LogP contribution in [0.3, 0.4) is 0 Å².